The van der Waals surface area contributed by atoms with Crippen LogP contribution in [0, 0.1) is 13.8 Å². The standard InChI is InChI=1S/C12H19NO2/c1-9-7-10(2)12(15-3)11(8-9)13-5-4-6-14/h7-8,13-14H,4-6H2,1-3H3. The van der Waals surface area contributed by atoms with Crippen molar-refractivity contribution in [1.82, 2.24) is 0 Å². The van der Waals surface area contributed by atoms with Crippen LogP contribution in [0.5, 0.6) is 5.75 Å². The number of benzene rings is 1. The van der Waals surface area contributed by atoms with Crippen molar-refractivity contribution in [3.05, 3.63) is 23.3 Å². The van der Waals surface area contributed by atoms with Crippen LogP contribution in [-0.2, 0) is 0 Å². The molecule has 0 radical (unpaired) electrons. The predicted molar refractivity (Wildman–Crippen MR) is 62.7 cm³/mol. The van der Waals surface area contributed by atoms with E-state index in [1.165, 1.54) is 5.56 Å². The van der Waals surface area contributed by atoms with Gasteiger partial charge in [-0.25, -0.2) is 0 Å². The maximum atomic E-state index is 8.71. The number of anilines is 1. The Hall–Kier alpha value is -1.22. The summed E-state index contributed by atoms with van der Waals surface area (Å²) in [4.78, 5) is 0. The van der Waals surface area contributed by atoms with Gasteiger partial charge in [-0.15, -0.1) is 0 Å². The number of aliphatic hydroxyl groups excluding tert-OH is 1. The summed E-state index contributed by atoms with van der Waals surface area (Å²) >= 11 is 0. The van der Waals surface area contributed by atoms with E-state index in [4.69, 9.17) is 9.84 Å². The molecule has 0 amide bonds. The summed E-state index contributed by atoms with van der Waals surface area (Å²) in [5.41, 5.74) is 3.34. The molecule has 0 saturated heterocycles. The molecule has 84 valence electrons. The minimum Gasteiger partial charge on any atom is -0.494 e. The van der Waals surface area contributed by atoms with Crippen molar-refractivity contribution < 1.29 is 9.84 Å². The van der Waals surface area contributed by atoms with E-state index in [0.717, 1.165) is 30.0 Å². The SMILES string of the molecule is COc1c(C)cc(C)cc1NCCCO. The molecule has 0 aliphatic heterocycles. The summed E-state index contributed by atoms with van der Waals surface area (Å²) in [6.45, 7) is 5.06. The number of methoxy groups -OCH3 is 1. The van der Waals surface area contributed by atoms with Gasteiger partial charge < -0.3 is 15.2 Å². The molecule has 1 aromatic rings. The van der Waals surface area contributed by atoms with E-state index in [9.17, 15) is 0 Å². The first kappa shape index (κ1) is 11.9. The number of hydrogen-bond donors (Lipinski definition) is 2. The fourth-order valence-corrected chi connectivity index (χ4v) is 1.66. The van der Waals surface area contributed by atoms with Crippen LogP contribution in [0.3, 0.4) is 0 Å². The van der Waals surface area contributed by atoms with Crippen LogP contribution in [0.1, 0.15) is 17.5 Å². The lowest BCUT2D eigenvalue weighted by Crippen LogP contribution is -2.05. The number of hydrogen-bond acceptors (Lipinski definition) is 3. The highest BCUT2D eigenvalue weighted by Crippen LogP contribution is 2.29. The average molecular weight is 209 g/mol. The van der Waals surface area contributed by atoms with Crippen LogP contribution in [0.4, 0.5) is 5.69 Å². The van der Waals surface area contributed by atoms with Gasteiger partial charge in [-0.2, -0.15) is 0 Å². The second kappa shape index (κ2) is 5.61. The maximum Gasteiger partial charge on any atom is 0.144 e. The minimum atomic E-state index is 0.208. The van der Waals surface area contributed by atoms with Crippen molar-refractivity contribution in [1.29, 1.82) is 0 Å². The normalized spacial score (nSPS) is 10.1. The zero-order chi connectivity index (χ0) is 11.3. The van der Waals surface area contributed by atoms with E-state index in [1.807, 2.05) is 6.92 Å². The lowest BCUT2D eigenvalue weighted by atomic mass is 10.1. The van der Waals surface area contributed by atoms with Gasteiger partial charge in [0.25, 0.3) is 0 Å². The Morgan fingerprint density at radius 3 is 2.67 bits per heavy atom. The number of aryl methyl sites for hydroxylation is 2. The van der Waals surface area contributed by atoms with Gasteiger partial charge in [-0.3, -0.25) is 0 Å². The van der Waals surface area contributed by atoms with E-state index in [0.29, 0.717) is 0 Å². The monoisotopic (exact) mass is 209 g/mol. The Balaban J connectivity index is 2.84. The Morgan fingerprint density at radius 1 is 1.33 bits per heavy atom. The molecule has 0 spiro atoms. The van der Waals surface area contributed by atoms with Crippen molar-refractivity contribution >= 4 is 5.69 Å². The molecule has 3 heteroatoms. The summed E-state index contributed by atoms with van der Waals surface area (Å²) in [5.74, 6) is 0.888. The van der Waals surface area contributed by atoms with E-state index in [-0.39, 0.29) is 6.61 Å². The number of aliphatic hydroxyl groups is 1. The molecule has 0 aliphatic rings. The fraction of sp³-hybridized carbons (Fsp3) is 0.500. The molecule has 0 unspecified atom stereocenters. The topological polar surface area (TPSA) is 41.5 Å². The largest absolute Gasteiger partial charge is 0.494 e. The molecule has 2 N–H and O–H groups in total. The first-order valence-corrected chi connectivity index (χ1v) is 5.19. The number of rotatable bonds is 5. The molecule has 0 aliphatic carbocycles. The lowest BCUT2D eigenvalue weighted by Gasteiger charge is -2.14. The van der Waals surface area contributed by atoms with E-state index >= 15 is 0 Å². The van der Waals surface area contributed by atoms with Gasteiger partial charge in [0.2, 0.25) is 0 Å². The molecule has 1 aromatic carbocycles. The minimum absolute atomic E-state index is 0.208. The fourth-order valence-electron chi connectivity index (χ4n) is 1.66. The quantitative estimate of drug-likeness (QED) is 0.730. The van der Waals surface area contributed by atoms with Gasteiger partial charge in [0.05, 0.1) is 12.8 Å². The van der Waals surface area contributed by atoms with Gasteiger partial charge in [0.15, 0.2) is 0 Å². The smallest absolute Gasteiger partial charge is 0.144 e. The molecule has 15 heavy (non-hydrogen) atoms. The van der Waals surface area contributed by atoms with Crippen LogP contribution < -0.4 is 10.1 Å². The number of nitrogens with one attached hydrogen (secondary N) is 1. The van der Waals surface area contributed by atoms with Crippen molar-refractivity contribution in [2.24, 2.45) is 0 Å². The predicted octanol–water partition coefficient (Wildman–Crippen LogP) is 2.11. The summed E-state index contributed by atoms with van der Waals surface area (Å²) in [5, 5.41) is 12.0. The third-order valence-electron chi connectivity index (χ3n) is 2.27. The van der Waals surface area contributed by atoms with E-state index in [2.05, 4.69) is 24.4 Å². The van der Waals surface area contributed by atoms with Gasteiger partial charge in [-0.05, 0) is 37.5 Å². The average Bonchev–Trinajstić information content (AvgIpc) is 2.17. The zero-order valence-electron chi connectivity index (χ0n) is 9.63. The number of ether oxygens (including phenoxy) is 1. The van der Waals surface area contributed by atoms with Crippen LogP contribution in [0.2, 0.25) is 0 Å². The molecule has 1 rings (SSSR count). The summed E-state index contributed by atoms with van der Waals surface area (Å²) in [6.07, 6.45) is 0.746. The highest BCUT2D eigenvalue weighted by molar-refractivity contribution is 5.61. The van der Waals surface area contributed by atoms with Crippen LogP contribution in [-0.4, -0.2) is 25.4 Å². The van der Waals surface area contributed by atoms with E-state index < -0.39 is 0 Å². The molecular weight excluding hydrogens is 190 g/mol. The maximum absolute atomic E-state index is 8.71. The van der Waals surface area contributed by atoms with Gasteiger partial charge in [0.1, 0.15) is 5.75 Å². The molecule has 0 heterocycles. The van der Waals surface area contributed by atoms with E-state index in [1.54, 1.807) is 7.11 Å². The van der Waals surface area contributed by atoms with Crippen LogP contribution in [0.25, 0.3) is 0 Å². The van der Waals surface area contributed by atoms with Crippen molar-refractivity contribution in [2.45, 2.75) is 20.3 Å². The Labute approximate surface area is 91.1 Å². The third kappa shape index (κ3) is 3.13. The lowest BCUT2D eigenvalue weighted by molar-refractivity contribution is 0.292. The second-order valence-electron chi connectivity index (χ2n) is 3.67. The Bertz CT molecular complexity index is 324. The first-order valence-electron chi connectivity index (χ1n) is 5.19. The summed E-state index contributed by atoms with van der Waals surface area (Å²) in [6, 6.07) is 4.15. The highest BCUT2D eigenvalue weighted by Gasteiger charge is 2.06. The van der Waals surface area contributed by atoms with Crippen molar-refractivity contribution in [2.75, 3.05) is 25.6 Å². The molecule has 0 bridgehead atoms. The third-order valence-corrected chi connectivity index (χ3v) is 2.27. The highest BCUT2D eigenvalue weighted by atomic mass is 16.5. The molecule has 0 atom stereocenters. The Kier molecular flexibility index (Phi) is 4.43. The van der Waals surface area contributed by atoms with Gasteiger partial charge in [-0.1, -0.05) is 6.07 Å². The molecular formula is C12H19NO2. The van der Waals surface area contributed by atoms with Gasteiger partial charge in [0, 0.05) is 13.2 Å². The summed E-state index contributed by atoms with van der Waals surface area (Å²) in [7, 11) is 1.68. The molecule has 0 aromatic heterocycles. The van der Waals surface area contributed by atoms with Crippen molar-refractivity contribution in [3.63, 3.8) is 0 Å². The molecule has 0 fully saturated rings. The summed E-state index contributed by atoms with van der Waals surface area (Å²) < 4.78 is 5.34. The molecule has 0 saturated carbocycles. The first-order chi connectivity index (χ1) is 7.19. The van der Waals surface area contributed by atoms with Crippen LogP contribution in [0.15, 0.2) is 12.1 Å². The van der Waals surface area contributed by atoms with Gasteiger partial charge >= 0.3 is 0 Å². The second-order valence-corrected chi connectivity index (χ2v) is 3.67. The van der Waals surface area contributed by atoms with Crippen molar-refractivity contribution in [3.8, 4) is 5.75 Å². The van der Waals surface area contributed by atoms with Crippen LogP contribution >= 0.6 is 0 Å². The zero-order valence-corrected chi connectivity index (χ0v) is 9.63. The Morgan fingerprint density at radius 2 is 2.07 bits per heavy atom. The molecule has 3 nitrogen and oxygen atoms in total.